The maximum absolute atomic E-state index is 5.40. The lowest BCUT2D eigenvalue weighted by Gasteiger charge is -2.41. The summed E-state index contributed by atoms with van der Waals surface area (Å²) in [6, 6.07) is 6.24. The van der Waals surface area contributed by atoms with E-state index in [4.69, 9.17) is 9.47 Å². The summed E-state index contributed by atoms with van der Waals surface area (Å²) >= 11 is 3.96. The van der Waals surface area contributed by atoms with E-state index >= 15 is 0 Å². The Kier molecular flexibility index (Phi) is 5.59. The minimum absolute atomic E-state index is 0.434. The summed E-state index contributed by atoms with van der Waals surface area (Å²) in [6.45, 7) is 4.83. The van der Waals surface area contributed by atoms with E-state index in [0.29, 0.717) is 10.2 Å². The summed E-state index contributed by atoms with van der Waals surface area (Å²) in [5.74, 6) is 2.35. The van der Waals surface area contributed by atoms with Gasteiger partial charge in [0.2, 0.25) is 0 Å². The lowest BCUT2D eigenvalue weighted by molar-refractivity contribution is 0.136. The fourth-order valence-corrected chi connectivity index (χ4v) is 4.92. The lowest BCUT2D eigenvalue weighted by atomic mass is 9.67. The molecule has 1 aliphatic carbocycles. The lowest BCUT2D eigenvalue weighted by Crippen LogP contribution is -2.35. The van der Waals surface area contributed by atoms with Gasteiger partial charge in [0.1, 0.15) is 0 Å². The molecule has 21 heavy (non-hydrogen) atoms. The van der Waals surface area contributed by atoms with Crippen molar-refractivity contribution in [2.45, 2.75) is 50.8 Å². The Bertz CT molecular complexity index is 470. The molecule has 1 fully saturated rings. The van der Waals surface area contributed by atoms with Crippen LogP contribution in [0, 0.1) is 11.3 Å². The fourth-order valence-electron chi connectivity index (χ4n) is 3.57. The highest BCUT2D eigenvalue weighted by Crippen LogP contribution is 2.45. The maximum atomic E-state index is 5.40. The smallest absolute Gasteiger partial charge is 0.160 e. The molecular weight excluding hydrogens is 328 g/mol. The van der Waals surface area contributed by atoms with Crippen LogP contribution in [-0.4, -0.2) is 19.0 Å². The number of alkyl halides is 1. The molecule has 1 aromatic rings. The molecule has 3 heteroatoms. The first-order valence-corrected chi connectivity index (χ1v) is 8.74. The summed E-state index contributed by atoms with van der Waals surface area (Å²) in [4.78, 5) is 0.519. The number of halogens is 1. The number of hydrogen-bond acceptors (Lipinski definition) is 2. The minimum atomic E-state index is 0.434. The van der Waals surface area contributed by atoms with Gasteiger partial charge in [-0.3, -0.25) is 0 Å². The average Bonchev–Trinajstić information content (AvgIpc) is 2.46. The highest BCUT2D eigenvalue weighted by molar-refractivity contribution is 9.09. The molecular formula is C18H27BrO2. The van der Waals surface area contributed by atoms with Crippen molar-refractivity contribution in [3.05, 3.63) is 23.8 Å². The molecule has 1 aliphatic rings. The predicted molar refractivity (Wildman–Crippen MR) is 91.7 cm³/mol. The number of ether oxygens (including phenoxy) is 2. The molecule has 2 rings (SSSR count). The molecule has 2 nitrogen and oxygen atoms in total. The van der Waals surface area contributed by atoms with E-state index in [1.807, 2.05) is 6.07 Å². The number of hydrogen-bond donors (Lipinski definition) is 0. The average molecular weight is 355 g/mol. The summed E-state index contributed by atoms with van der Waals surface area (Å²) < 4.78 is 10.7. The van der Waals surface area contributed by atoms with Crippen molar-refractivity contribution in [1.82, 2.24) is 0 Å². The molecule has 0 amide bonds. The molecule has 2 unspecified atom stereocenters. The SMILES string of the molecule is COc1ccc(CC(Br)C2CCCCC2(C)C)cc1OC. The zero-order chi connectivity index (χ0) is 15.5. The second kappa shape index (κ2) is 7.04. The molecule has 0 spiro atoms. The molecule has 0 radical (unpaired) electrons. The number of rotatable bonds is 5. The molecule has 0 N–H and O–H groups in total. The molecule has 0 bridgehead atoms. The molecule has 1 aromatic carbocycles. The van der Waals surface area contributed by atoms with Crippen LogP contribution in [0.4, 0.5) is 0 Å². The molecule has 2 atom stereocenters. The zero-order valence-corrected chi connectivity index (χ0v) is 15.2. The first-order valence-electron chi connectivity index (χ1n) is 7.83. The maximum Gasteiger partial charge on any atom is 0.160 e. The fraction of sp³-hybridized carbons (Fsp3) is 0.667. The predicted octanol–water partition coefficient (Wildman–Crippen LogP) is 5.23. The Morgan fingerprint density at radius 1 is 1.19 bits per heavy atom. The van der Waals surface area contributed by atoms with Crippen LogP contribution in [0.15, 0.2) is 18.2 Å². The first kappa shape index (κ1) is 16.7. The van der Waals surface area contributed by atoms with E-state index in [2.05, 4.69) is 41.9 Å². The van der Waals surface area contributed by atoms with Gasteiger partial charge in [0.15, 0.2) is 11.5 Å². The Balaban J connectivity index is 2.10. The molecule has 0 aromatic heterocycles. The monoisotopic (exact) mass is 354 g/mol. The van der Waals surface area contributed by atoms with E-state index in [1.54, 1.807) is 14.2 Å². The summed E-state index contributed by atoms with van der Waals surface area (Å²) in [6.07, 6.45) is 6.44. The van der Waals surface area contributed by atoms with Gasteiger partial charge in [-0.05, 0) is 48.3 Å². The van der Waals surface area contributed by atoms with Gasteiger partial charge in [-0.25, -0.2) is 0 Å². The van der Waals surface area contributed by atoms with Crippen LogP contribution in [-0.2, 0) is 6.42 Å². The van der Waals surface area contributed by atoms with Gasteiger partial charge in [0.05, 0.1) is 14.2 Å². The van der Waals surface area contributed by atoms with Gasteiger partial charge in [0.25, 0.3) is 0 Å². The van der Waals surface area contributed by atoms with Crippen LogP contribution in [0.2, 0.25) is 0 Å². The van der Waals surface area contributed by atoms with Crippen LogP contribution >= 0.6 is 15.9 Å². The Morgan fingerprint density at radius 2 is 1.90 bits per heavy atom. The highest BCUT2D eigenvalue weighted by atomic mass is 79.9. The molecule has 0 aliphatic heterocycles. The quantitative estimate of drug-likeness (QED) is 0.674. The van der Waals surface area contributed by atoms with Gasteiger partial charge in [-0.15, -0.1) is 0 Å². The van der Waals surface area contributed by atoms with Crippen molar-refractivity contribution in [2.75, 3.05) is 14.2 Å². The second-order valence-corrected chi connectivity index (χ2v) is 7.93. The highest BCUT2D eigenvalue weighted by Gasteiger charge is 2.36. The van der Waals surface area contributed by atoms with E-state index < -0.39 is 0 Å². The summed E-state index contributed by atoms with van der Waals surface area (Å²) in [7, 11) is 3.37. The third kappa shape index (κ3) is 3.94. The van der Waals surface area contributed by atoms with Crippen molar-refractivity contribution in [3.8, 4) is 11.5 Å². The van der Waals surface area contributed by atoms with Crippen molar-refractivity contribution in [1.29, 1.82) is 0 Å². The molecule has 1 saturated carbocycles. The first-order chi connectivity index (χ1) is 9.97. The zero-order valence-electron chi connectivity index (χ0n) is 13.6. The molecule has 0 heterocycles. The van der Waals surface area contributed by atoms with E-state index in [0.717, 1.165) is 23.8 Å². The third-order valence-corrected chi connectivity index (χ3v) is 5.87. The number of methoxy groups -OCH3 is 2. The summed E-state index contributed by atoms with van der Waals surface area (Å²) in [5.41, 5.74) is 1.74. The van der Waals surface area contributed by atoms with Crippen LogP contribution in [0.5, 0.6) is 11.5 Å². The van der Waals surface area contributed by atoms with Gasteiger partial charge < -0.3 is 9.47 Å². The van der Waals surface area contributed by atoms with Crippen LogP contribution < -0.4 is 9.47 Å². The Labute approximate surface area is 137 Å². The van der Waals surface area contributed by atoms with Gasteiger partial charge in [-0.2, -0.15) is 0 Å². The van der Waals surface area contributed by atoms with Gasteiger partial charge in [0, 0.05) is 4.83 Å². The topological polar surface area (TPSA) is 18.5 Å². The Hall–Kier alpha value is -0.700. The van der Waals surface area contributed by atoms with Crippen LogP contribution in [0.3, 0.4) is 0 Å². The largest absolute Gasteiger partial charge is 0.493 e. The Morgan fingerprint density at radius 3 is 2.52 bits per heavy atom. The van der Waals surface area contributed by atoms with E-state index in [9.17, 15) is 0 Å². The van der Waals surface area contributed by atoms with E-state index in [-0.39, 0.29) is 0 Å². The van der Waals surface area contributed by atoms with Crippen molar-refractivity contribution in [2.24, 2.45) is 11.3 Å². The normalized spacial score (nSPS) is 22.6. The van der Waals surface area contributed by atoms with Crippen LogP contribution in [0.25, 0.3) is 0 Å². The molecule has 0 saturated heterocycles. The van der Waals surface area contributed by atoms with Gasteiger partial charge >= 0.3 is 0 Å². The van der Waals surface area contributed by atoms with Gasteiger partial charge in [-0.1, -0.05) is 48.7 Å². The van der Waals surface area contributed by atoms with Crippen molar-refractivity contribution < 1.29 is 9.47 Å². The molecule has 118 valence electrons. The number of benzene rings is 1. The third-order valence-electron chi connectivity index (χ3n) is 4.91. The summed E-state index contributed by atoms with van der Waals surface area (Å²) in [5, 5.41) is 0. The second-order valence-electron chi connectivity index (χ2n) is 6.75. The standard InChI is InChI=1S/C18H27BrO2/c1-18(2)10-6-5-7-14(18)15(19)11-13-8-9-16(20-3)17(12-13)21-4/h8-9,12,14-15H,5-7,10-11H2,1-4H3. The van der Waals surface area contributed by atoms with Crippen LogP contribution in [0.1, 0.15) is 45.1 Å². The van der Waals surface area contributed by atoms with Crippen molar-refractivity contribution in [3.63, 3.8) is 0 Å². The minimum Gasteiger partial charge on any atom is -0.493 e. The van der Waals surface area contributed by atoms with Crippen molar-refractivity contribution >= 4 is 15.9 Å². The van der Waals surface area contributed by atoms with E-state index in [1.165, 1.54) is 31.2 Å².